The molecule has 3 heterocycles. The number of thiazole rings is 1. The highest BCUT2D eigenvalue weighted by Crippen LogP contribution is 2.35. The van der Waals surface area contributed by atoms with Gasteiger partial charge in [0.05, 0.1) is 23.0 Å². The summed E-state index contributed by atoms with van der Waals surface area (Å²) in [5, 5.41) is 0.641. The minimum atomic E-state index is -0.166. The van der Waals surface area contributed by atoms with Gasteiger partial charge in [-0.2, -0.15) is 0 Å². The standard InChI is InChI=1S/C23H20N2O4S/c1-2-15-5-3-7-20-21(15)24-23(30-20)25(14-17-6-4-10-27-17)22(26)16-8-9-18-19(13-16)29-12-11-28-18/h3-10,13H,2,11-12,14H2,1H3. The van der Waals surface area contributed by atoms with Crippen LogP contribution < -0.4 is 14.4 Å². The van der Waals surface area contributed by atoms with Gasteiger partial charge in [-0.05, 0) is 48.4 Å². The summed E-state index contributed by atoms with van der Waals surface area (Å²) in [4.78, 5) is 20.0. The Hall–Kier alpha value is -3.32. The lowest BCUT2D eigenvalue weighted by atomic mass is 10.1. The Morgan fingerprint density at radius 2 is 1.97 bits per heavy atom. The summed E-state index contributed by atoms with van der Waals surface area (Å²) in [6.45, 7) is 3.38. The van der Waals surface area contributed by atoms with Gasteiger partial charge in [0.2, 0.25) is 0 Å². The molecule has 1 aliphatic rings. The highest BCUT2D eigenvalue weighted by atomic mass is 32.1. The number of aromatic nitrogens is 1. The maximum absolute atomic E-state index is 13.5. The number of carbonyl (C=O) groups excluding carboxylic acids is 1. The van der Waals surface area contributed by atoms with Crippen molar-refractivity contribution in [2.75, 3.05) is 18.1 Å². The highest BCUT2D eigenvalue weighted by Gasteiger charge is 2.25. The van der Waals surface area contributed by atoms with Gasteiger partial charge in [-0.15, -0.1) is 0 Å². The van der Waals surface area contributed by atoms with Gasteiger partial charge in [-0.3, -0.25) is 9.69 Å². The van der Waals surface area contributed by atoms with Crippen LogP contribution in [0, 0.1) is 0 Å². The van der Waals surface area contributed by atoms with Gasteiger partial charge in [0.15, 0.2) is 16.6 Å². The van der Waals surface area contributed by atoms with Crippen LogP contribution in [0.5, 0.6) is 11.5 Å². The average Bonchev–Trinajstić information content (AvgIpc) is 3.46. The molecule has 0 saturated heterocycles. The lowest BCUT2D eigenvalue weighted by Gasteiger charge is -2.21. The molecule has 0 N–H and O–H groups in total. The molecule has 5 rings (SSSR count). The van der Waals surface area contributed by atoms with Crippen LogP contribution >= 0.6 is 11.3 Å². The smallest absolute Gasteiger partial charge is 0.260 e. The number of aryl methyl sites for hydroxylation is 1. The van der Waals surface area contributed by atoms with Crippen LogP contribution in [0.25, 0.3) is 10.2 Å². The van der Waals surface area contributed by atoms with Crippen molar-refractivity contribution >= 4 is 32.6 Å². The molecule has 6 nitrogen and oxygen atoms in total. The Labute approximate surface area is 177 Å². The first kappa shape index (κ1) is 18.7. The van der Waals surface area contributed by atoms with E-state index in [-0.39, 0.29) is 5.91 Å². The second kappa shape index (κ2) is 7.84. The maximum Gasteiger partial charge on any atom is 0.260 e. The lowest BCUT2D eigenvalue weighted by Crippen LogP contribution is -2.30. The predicted molar refractivity (Wildman–Crippen MR) is 116 cm³/mol. The van der Waals surface area contributed by atoms with Crippen molar-refractivity contribution in [1.29, 1.82) is 0 Å². The highest BCUT2D eigenvalue weighted by molar-refractivity contribution is 7.22. The topological polar surface area (TPSA) is 64.8 Å². The molecule has 7 heteroatoms. The molecule has 30 heavy (non-hydrogen) atoms. The van der Waals surface area contributed by atoms with Crippen molar-refractivity contribution in [3.63, 3.8) is 0 Å². The maximum atomic E-state index is 13.5. The minimum absolute atomic E-state index is 0.166. The molecule has 0 atom stereocenters. The number of carbonyl (C=O) groups is 1. The summed E-state index contributed by atoms with van der Waals surface area (Å²) < 4.78 is 17.8. The van der Waals surface area contributed by atoms with Crippen LogP contribution in [0.3, 0.4) is 0 Å². The first-order valence-electron chi connectivity index (χ1n) is 9.85. The molecule has 4 aromatic rings. The Kier molecular flexibility index (Phi) is 4.88. The fraction of sp³-hybridized carbons (Fsp3) is 0.217. The van der Waals surface area contributed by atoms with Gasteiger partial charge >= 0.3 is 0 Å². The molecule has 1 amide bonds. The van der Waals surface area contributed by atoms with E-state index in [9.17, 15) is 4.79 Å². The Morgan fingerprint density at radius 1 is 1.10 bits per heavy atom. The molecule has 2 aromatic heterocycles. The van der Waals surface area contributed by atoms with E-state index in [1.165, 1.54) is 16.9 Å². The molecule has 0 aliphatic carbocycles. The number of furan rings is 1. The fourth-order valence-corrected chi connectivity index (χ4v) is 4.52. The van der Waals surface area contributed by atoms with E-state index in [4.69, 9.17) is 18.9 Å². The summed E-state index contributed by atoms with van der Waals surface area (Å²) in [5.41, 5.74) is 2.62. The van der Waals surface area contributed by atoms with Crippen LogP contribution in [0.1, 0.15) is 28.6 Å². The summed E-state index contributed by atoms with van der Waals surface area (Å²) in [5.74, 6) is 1.77. The number of fused-ring (bicyclic) bond motifs is 2. The molecule has 0 radical (unpaired) electrons. The van der Waals surface area contributed by atoms with Crippen LogP contribution in [0.2, 0.25) is 0 Å². The van der Waals surface area contributed by atoms with Gasteiger partial charge < -0.3 is 13.9 Å². The molecule has 0 saturated carbocycles. The molecule has 0 spiro atoms. The number of hydrogen-bond donors (Lipinski definition) is 0. The van der Waals surface area contributed by atoms with E-state index in [0.717, 1.165) is 16.6 Å². The van der Waals surface area contributed by atoms with Crippen LogP contribution in [0.15, 0.2) is 59.2 Å². The fourth-order valence-electron chi connectivity index (χ4n) is 3.51. The molecule has 152 valence electrons. The second-order valence-corrected chi connectivity index (χ2v) is 7.95. The molecule has 2 aromatic carbocycles. The number of ether oxygens (including phenoxy) is 2. The van der Waals surface area contributed by atoms with E-state index >= 15 is 0 Å². The van der Waals surface area contributed by atoms with E-state index in [1.54, 1.807) is 29.4 Å². The van der Waals surface area contributed by atoms with Crippen molar-refractivity contribution in [2.45, 2.75) is 19.9 Å². The summed E-state index contributed by atoms with van der Waals surface area (Å²) in [6, 6.07) is 15.1. The quantitative estimate of drug-likeness (QED) is 0.451. The zero-order valence-electron chi connectivity index (χ0n) is 16.5. The number of hydrogen-bond acceptors (Lipinski definition) is 6. The molecular formula is C23H20N2O4S. The van der Waals surface area contributed by atoms with Crippen LogP contribution in [-0.4, -0.2) is 24.1 Å². The average molecular weight is 420 g/mol. The van der Waals surface area contributed by atoms with Crippen molar-refractivity contribution in [1.82, 2.24) is 4.98 Å². The van der Waals surface area contributed by atoms with E-state index in [1.807, 2.05) is 24.3 Å². The van der Waals surface area contributed by atoms with E-state index in [2.05, 4.69) is 13.0 Å². The van der Waals surface area contributed by atoms with Crippen molar-refractivity contribution in [3.8, 4) is 11.5 Å². The Balaban J connectivity index is 1.56. The van der Waals surface area contributed by atoms with E-state index in [0.29, 0.717) is 47.7 Å². The number of amides is 1. The molecule has 0 fully saturated rings. The first-order chi connectivity index (χ1) is 14.7. The number of nitrogens with zero attached hydrogens (tertiary/aromatic N) is 2. The third-order valence-electron chi connectivity index (χ3n) is 5.03. The third-order valence-corrected chi connectivity index (χ3v) is 6.07. The molecule has 0 bridgehead atoms. The zero-order valence-corrected chi connectivity index (χ0v) is 17.3. The van der Waals surface area contributed by atoms with Crippen LogP contribution in [0.4, 0.5) is 5.13 Å². The van der Waals surface area contributed by atoms with Crippen molar-refractivity contribution in [3.05, 3.63) is 71.7 Å². The number of rotatable bonds is 5. The van der Waals surface area contributed by atoms with Crippen molar-refractivity contribution < 1.29 is 18.7 Å². The first-order valence-corrected chi connectivity index (χ1v) is 10.7. The number of benzene rings is 2. The predicted octanol–water partition coefficient (Wildman–Crippen LogP) is 5.07. The van der Waals surface area contributed by atoms with Crippen LogP contribution in [-0.2, 0) is 13.0 Å². The van der Waals surface area contributed by atoms with E-state index < -0.39 is 0 Å². The van der Waals surface area contributed by atoms with Gasteiger partial charge in [0, 0.05) is 5.56 Å². The zero-order chi connectivity index (χ0) is 20.5. The largest absolute Gasteiger partial charge is 0.486 e. The van der Waals surface area contributed by atoms with Crippen molar-refractivity contribution in [2.24, 2.45) is 0 Å². The minimum Gasteiger partial charge on any atom is -0.486 e. The normalized spacial score (nSPS) is 12.8. The van der Waals surface area contributed by atoms with Gasteiger partial charge in [0.25, 0.3) is 5.91 Å². The molecular weight excluding hydrogens is 400 g/mol. The molecule has 0 unspecified atom stereocenters. The summed E-state index contributed by atoms with van der Waals surface area (Å²) >= 11 is 1.50. The Morgan fingerprint density at radius 3 is 2.77 bits per heavy atom. The number of para-hydroxylation sites is 1. The van der Waals surface area contributed by atoms with Gasteiger partial charge in [0.1, 0.15) is 19.0 Å². The summed E-state index contributed by atoms with van der Waals surface area (Å²) in [7, 11) is 0. The monoisotopic (exact) mass is 420 g/mol. The van der Waals surface area contributed by atoms with Gasteiger partial charge in [-0.25, -0.2) is 4.98 Å². The molecule has 1 aliphatic heterocycles. The SMILES string of the molecule is CCc1cccc2sc(N(Cc3ccco3)C(=O)c3ccc4c(c3)OCCO4)nc12. The third kappa shape index (κ3) is 3.41. The lowest BCUT2D eigenvalue weighted by molar-refractivity contribution is 0.0982. The van der Waals surface area contributed by atoms with Gasteiger partial charge in [-0.1, -0.05) is 30.4 Å². The number of anilines is 1. The Bertz CT molecular complexity index is 1200. The second-order valence-electron chi connectivity index (χ2n) is 6.94. The summed E-state index contributed by atoms with van der Waals surface area (Å²) in [6.07, 6.45) is 2.49.